The normalized spacial score (nSPS) is 15.8. The maximum atomic E-state index is 5.32. The van der Waals surface area contributed by atoms with Crippen LogP contribution in [0.1, 0.15) is 29.0 Å². The third kappa shape index (κ3) is 6.15. The lowest BCUT2D eigenvalue weighted by Crippen LogP contribution is -2.21. The van der Waals surface area contributed by atoms with Crippen LogP contribution in [0.15, 0.2) is 231 Å². The summed E-state index contributed by atoms with van der Waals surface area (Å²) in [5.74, 6) is 0. The van der Waals surface area contributed by atoms with Crippen LogP contribution in [0.2, 0.25) is 0 Å². The molecule has 2 N–H and O–H groups in total. The first kappa shape index (κ1) is 38.4. The van der Waals surface area contributed by atoms with Crippen molar-refractivity contribution in [2.24, 2.45) is 0 Å². The van der Waals surface area contributed by atoms with Crippen LogP contribution in [0.3, 0.4) is 0 Å². The van der Waals surface area contributed by atoms with Gasteiger partial charge in [0.25, 0.3) is 0 Å². The number of allylic oxidation sites excluding steroid dienone is 4. The quantitative estimate of drug-likeness (QED) is 0.168. The summed E-state index contributed by atoms with van der Waals surface area (Å²) < 4.78 is 0. The molecule has 318 valence electrons. The van der Waals surface area contributed by atoms with Crippen LogP contribution in [-0.4, -0.2) is 9.97 Å². The van der Waals surface area contributed by atoms with Gasteiger partial charge in [-0.2, -0.15) is 0 Å². The first-order chi connectivity index (χ1) is 33.7. The highest BCUT2D eigenvalue weighted by molar-refractivity contribution is 6.20. The zero-order valence-electron chi connectivity index (χ0n) is 37.0. The molecule has 14 rings (SSSR count). The Hall–Kier alpha value is -8.86. The van der Waals surface area contributed by atoms with Gasteiger partial charge >= 0.3 is 0 Å². The molecule has 0 bridgehead atoms. The molecule has 8 aromatic carbocycles. The minimum absolute atomic E-state index is 0.00930. The highest BCUT2D eigenvalue weighted by Gasteiger charge is 2.26. The molecule has 2 aromatic heterocycles. The first-order valence-electron chi connectivity index (χ1n) is 23.5. The third-order valence-corrected chi connectivity index (χ3v) is 14.3. The van der Waals surface area contributed by atoms with E-state index in [9.17, 15) is 0 Å². The largest absolute Gasteiger partial charge is 0.379 e. The SMILES string of the molecule is C1=CNC(c2cccc(-c3cc(C4=CC=CC(c5ccccn5)N4)cc(-c4cc(-c5ccc6c7c(cccc57)-c5ccccc5-6)cc(-c5ccc6c7c(cccc57)-c5ccccc5-6)c4)c3)n2)C=C1. The Bertz CT molecular complexity index is 3660. The Labute approximate surface area is 395 Å². The van der Waals surface area contributed by atoms with E-state index in [0.29, 0.717) is 0 Å². The number of benzene rings is 8. The van der Waals surface area contributed by atoms with Crippen molar-refractivity contribution in [3.63, 3.8) is 0 Å². The number of nitrogens with one attached hydrogen (secondary N) is 2. The number of hydrogen-bond donors (Lipinski definition) is 2. The maximum Gasteiger partial charge on any atom is 0.0873 e. The number of rotatable bonds is 7. The van der Waals surface area contributed by atoms with E-state index >= 15 is 0 Å². The van der Waals surface area contributed by atoms with Crippen molar-refractivity contribution in [3.05, 3.63) is 248 Å². The molecule has 10 aromatic rings. The summed E-state index contributed by atoms with van der Waals surface area (Å²) in [6.45, 7) is 0. The van der Waals surface area contributed by atoms with Crippen LogP contribution in [0, 0.1) is 0 Å². The Morgan fingerprint density at radius 2 is 0.882 bits per heavy atom. The fraction of sp³-hybridized carbons (Fsp3) is 0.0312. The maximum absolute atomic E-state index is 5.32. The van der Waals surface area contributed by atoms with E-state index in [1.165, 1.54) is 88.3 Å². The van der Waals surface area contributed by atoms with Crippen LogP contribution in [-0.2, 0) is 0 Å². The van der Waals surface area contributed by atoms with Gasteiger partial charge in [0.05, 0.1) is 29.2 Å². The minimum Gasteiger partial charge on any atom is -0.379 e. The molecule has 0 amide bonds. The number of aromatic nitrogens is 2. The van der Waals surface area contributed by atoms with Crippen molar-refractivity contribution in [2.75, 3.05) is 0 Å². The highest BCUT2D eigenvalue weighted by Crippen LogP contribution is 2.52. The molecule has 68 heavy (non-hydrogen) atoms. The van der Waals surface area contributed by atoms with Crippen molar-refractivity contribution in [2.45, 2.75) is 12.1 Å². The van der Waals surface area contributed by atoms with Crippen LogP contribution < -0.4 is 10.6 Å². The van der Waals surface area contributed by atoms with Crippen molar-refractivity contribution in [1.82, 2.24) is 20.6 Å². The second-order valence-electron chi connectivity index (χ2n) is 18.1. The van der Waals surface area contributed by atoms with Crippen LogP contribution in [0.25, 0.3) is 116 Å². The van der Waals surface area contributed by atoms with Gasteiger partial charge in [0, 0.05) is 17.5 Å². The van der Waals surface area contributed by atoms with Gasteiger partial charge in [0.2, 0.25) is 0 Å². The molecule has 0 saturated carbocycles. The summed E-state index contributed by atoms with van der Waals surface area (Å²) in [4.78, 5) is 10.0. The van der Waals surface area contributed by atoms with Gasteiger partial charge in [0.15, 0.2) is 0 Å². The van der Waals surface area contributed by atoms with Crippen molar-refractivity contribution in [1.29, 1.82) is 0 Å². The average Bonchev–Trinajstić information content (AvgIpc) is 3.93. The molecule has 4 aliphatic rings. The number of nitrogens with zero attached hydrogens (tertiary/aromatic N) is 2. The van der Waals surface area contributed by atoms with Crippen molar-refractivity contribution in [3.8, 4) is 89.1 Å². The molecule has 2 unspecified atom stereocenters. The van der Waals surface area contributed by atoms with E-state index in [-0.39, 0.29) is 12.1 Å². The summed E-state index contributed by atoms with van der Waals surface area (Å²) in [5.41, 5.74) is 23.4. The van der Waals surface area contributed by atoms with Gasteiger partial charge in [-0.3, -0.25) is 9.97 Å². The summed E-state index contributed by atoms with van der Waals surface area (Å²) in [6, 6.07) is 67.2. The molecule has 2 aliphatic heterocycles. The van der Waals surface area contributed by atoms with Gasteiger partial charge in [-0.05, 0) is 184 Å². The molecule has 2 atom stereocenters. The lowest BCUT2D eigenvalue weighted by molar-refractivity contribution is 0.722. The summed E-state index contributed by atoms with van der Waals surface area (Å²) >= 11 is 0. The molecule has 0 radical (unpaired) electrons. The van der Waals surface area contributed by atoms with Crippen molar-refractivity contribution >= 4 is 27.2 Å². The topological polar surface area (TPSA) is 49.8 Å². The molecule has 2 aliphatic carbocycles. The Kier molecular flexibility index (Phi) is 8.68. The summed E-state index contributed by atoms with van der Waals surface area (Å²) in [6.07, 6.45) is 16.6. The average molecular weight is 867 g/mol. The molecule has 4 heteroatoms. The second kappa shape index (κ2) is 15.4. The molecular formula is C64H42N4. The Balaban J connectivity index is 0.995. The van der Waals surface area contributed by atoms with Gasteiger partial charge in [0.1, 0.15) is 0 Å². The van der Waals surface area contributed by atoms with Gasteiger partial charge < -0.3 is 10.6 Å². The van der Waals surface area contributed by atoms with Crippen LogP contribution in [0.4, 0.5) is 0 Å². The molecule has 0 saturated heterocycles. The number of pyridine rings is 2. The van der Waals surface area contributed by atoms with E-state index in [4.69, 9.17) is 9.97 Å². The second-order valence-corrected chi connectivity index (χ2v) is 18.1. The monoisotopic (exact) mass is 866 g/mol. The zero-order valence-corrected chi connectivity index (χ0v) is 37.0. The molecule has 4 nitrogen and oxygen atoms in total. The standard InChI is InChI=1S/C64H42N4/c1-3-15-49-47(13-1)53-19-9-17-51-45(27-29-55(49)63(51)53)41-33-39(34-42(37-41)46-28-30-56-50-16-4-2-14-48(50)54-20-10-18-52(46)64(54)56)40-35-43(57-23-11-25-61(67-57)59-21-5-7-31-65-59)38-44(36-40)58-24-12-26-62(68-58)60-22-6-8-32-66-60/h1-38,59,62,65,68H. The number of dihydropyridines is 2. The smallest absolute Gasteiger partial charge is 0.0873 e. The van der Waals surface area contributed by atoms with Crippen molar-refractivity contribution < 1.29 is 0 Å². The van der Waals surface area contributed by atoms with E-state index in [2.05, 4.69) is 211 Å². The van der Waals surface area contributed by atoms with E-state index in [0.717, 1.165) is 45.0 Å². The molecule has 0 fully saturated rings. The van der Waals surface area contributed by atoms with Crippen LogP contribution in [0.5, 0.6) is 0 Å². The highest BCUT2D eigenvalue weighted by atomic mass is 15.0. The fourth-order valence-electron chi connectivity index (χ4n) is 11.2. The number of hydrogen-bond acceptors (Lipinski definition) is 4. The molecular weight excluding hydrogens is 825 g/mol. The van der Waals surface area contributed by atoms with Gasteiger partial charge in [-0.25, -0.2) is 0 Å². The van der Waals surface area contributed by atoms with E-state index in [1.54, 1.807) is 0 Å². The lowest BCUT2D eigenvalue weighted by Gasteiger charge is -2.23. The summed E-state index contributed by atoms with van der Waals surface area (Å²) in [5, 5.41) is 12.5. The van der Waals surface area contributed by atoms with E-state index < -0.39 is 0 Å². The predicted molar refractivity (Wildman–Crippen MR) is 281 cm³/mol. The predicted octanol–water partition coefficient (Wildman–Crippen LogP) is 15.7. The first-order valence-corrected chi connectivity index (χ1v) is 23.5. The van der Waals surface area contributed by atoms with Gasteiger partial charge in [-0.15, -0.1) is 0 Å². The lowest BCUT2D eigenvalue weighted by atomic mass is 9.87. The molecule has 0 spiro atoms. The Morgan fingerprint density at radius 3 is 1.50 bits per heavy atom. The minimum atomic E-state index is -0.0678. The van der Waals surface area contributed by atoms with Crippen LogP contribution >= 0.6 is 0 Å². The summed E-state index contributed by atoms with van der Waals surface area (Å²) in [7, 11) is 0. The van der Waals surface area contributed by atoms with E-state index in [1.807, 2.05) is 30.6 Å². The number of fused-ring (bicyclic) bond motifs is 6. The fourth-order valence-corrected chi connectivity index (χ4v) is 11.2. The Morgan fingerprint density at radius 1 is 0.368 bits per heavy atom. The van der Waals surface area contributed by atoms with Gasteiger partial charge in [-0.1, -0.05) is 146 Å². The molecule has 4 heterocycles. The third-order valence-electron chi connectivity index (χ3n) is 14.3. The zero-order chi connectivity index (χ0) is 44.7.